The summed E-state index contributed by atoms with van der Waals surface area (Å²) in [5.74, 6) is 0.228. The van der Waals surface area contributed by atoms with E-state index in [0.29, 0.717) is 19.6 Å². The summed E-state index contributed by atoms with van der Waals surface area (Å²) in [7, 11) is 0. The molecular weight excluding hydrogens is 330 g/mol. The number of carbonyl (C=O) groups is 1. The van der Waals surface area contributed by atoms with Crippen LogP contribution in [0, 0.1) is 11.3 Å². The van der Waals surface area contributed by atoms with E-state index in [4.69, 9.17) is 10.00 Å². The molecule has 2 amide bonds. The van der Waals surface area contributed by atoms with Crippen LogP contribution in [0.4, 0.5) is 4.79 Å². The lowest BCUT2D eigenvalue weighted by molar-refractivity contribution is 0.0973. The standard InChI is InChI=1S/C19H21N5O2/c20-13-17-18(22-11-10-21-17)26-16-7-4-12-24(14-16)19(25)23-9-8-15-5-2-1-3-6-15/h1-3,5-6,10-11,16H,4,7-9,12,14H2,(H,23,25). The highest BCUT2D eigenvalue weighted by Gasteiger charge is 2.25. The van der Waals surface area contributed by atoms with Crippen molar-refractivity contribution in [3.8, 4) is 11.9 Å². The van der Waals surface area contributed by atoms with Gasteiger partial charge in [0, 0.05) is 25.5 Å². The molecule has 1 N–H and O–H groups in total. The highest BCUT2D eigenvalue weighted by atomic mass is 16.5. The monoisotopic (exact) mass is 351 g/mol. The summed E-state index contributed by atoms with van der Waals surface area (Å²) in [6.45, 7) is 1.76. The van der Waals surface area contributed by atoms with E-state index in [9.17, 15) is 4.79 Å². The molecule has 2 heterocycles. The summed E-state index contributed by atoms with van der Waals surface area (Å²) in [6.07, 6.45) is 5.22. The van der Waals surface area contributed by atoms with E-state index in [1.165, 1.54) is 18.0 Å². The minimum atomic E-state index is -0.188. The number of carbonyl (C=O) groups excluding carboxylic acids is 1. The van der Waals surface area contributed by atoms with Gasteiger partial charge < -0.3 is 15.0 Å². The van der Waals surface area contributed by atoms with Crippen molar-refractivity contribution in [3.05, 3.63) is 54.0 Å². The Morgan fingerprint density at radius 1 is 1.31 bits per heavy atom. The van der Waals surface area contributed by atoms with Gasteiger partial charge in [-0.1, -0.05) is 30.3 Å². The molecule has 7 heteroatoms. The highest BCUT2D eigenvalue weighted by Crippen LogP contribution is 2.18. The minimum Gasteiger partial charge on any atom is -0.470 e. The number of likely N-dealkylation sites (tertiary alicyclic amines) is 1. The van der Waals surface area contributed by atoms with Crippen LogP contribution in [-0.2, 0) is 6.42 Å². The predicted molar refractivity (Wildman–Crippen MR) is 95.5 cm³/mol. The molecule has 3 rings (SSSR count). The van der Waals surface area contributed by atoms with Crippen LogP contribution in [-0.4, -0.2) is 46.6 Å². The van der Waals surface area contributed by atoms with Crippen LogP contribution in [0.3, 0.4) is 0 Å². The Morgan fingerprint density at radius 3 is 2.92 bits per heavy atom. The summed E-state index contributed by atoms with van der Waals surface area (Å²) < 4.78 is 5.81. The fraction of sp³-hybridized carbons (Fsp3) is 0.368. The quantitative estimate of drug-likeness (QED) is 0.891. The molecule has 1 saturated heterocycles. The van der Waals surface area contributed by atoms with Crippen molar-refractivity contribution in [1.29, 1.82) is 5.26 Å². The van der Waals surface area contributed by atoms with E-state index in [1.807, 2.05) is 36.4 Å². The number of piperidine rings is 1. The van der Waals surface area contributed by atoms with Gasteiger partial charge in [0.15, 0.2) is 0 Å². The molecule has 0 aliphatic carbocycles. The van der Waals surface area contributed by atoms with Gasteiger partial charge in [-0.2, -0.15) is 5.26 Å². The van der Waals surface area contributed by atoms with Crippen molar-refractivity contribution in [1.82, 2.24) is 20.2 Å². The van der Waals surface area contributed by atoms with Crippen molar-refractivity contribution in [2.24, 2.45) is 0 Å². The van der Waals surface area contributed by atoms with Crippen molar-refractivity contribution in [2.45, 2.75) is 25.4 Å². The van der Waals surface area contributed by atoms with Gasteiger partial charge in [0.05, 0.1) is 6.54 Å². The zero-order valence-corrected chi connectivity index (χ0v) is 14.5. The molecule has 1 fully saturated rings. The van der Waals surface area contributed by atoms with Gasteiger partial charge >= 0.3 is 6.03 Å². The number of hydrogen-bond acceptors (Lipinski definition) is 5. The molecule has 1 atom stereocenters. The Balaban J connectivity index is 1.49. The molecule has 26 heavy (non-hydrogen) atoms. The van der Waals surface area contributed by atoms with Crippen LogP contribution in [0.5, 0.6) is 5.88 Å². The van der Waals surface area contributed by atoms with Crippen molar-refractivity contribution >= 4 is 6.03 Å². The van der Waals surface area contributed by atoms with Crippen LogP contribution in [0.1, 0.15) is 24.1 Å². The van der Waals surface area contributed by atoms with Crippen LogP contribution >= 0.6 is 0 Å². The van der Waals surface area contributed by atoms with Crippen LogP contribution < -0.4 is 10.1 Å². The molecule has 1 aliphatic rings. The molecule has 7 nitrogen and oxygen atoms in total. The van der Waals surface area contributed by atoms with E-state index in [-0.39, 0.29) is 23.7 Å². The Bertz CT molecular complexity index is 775. The molecule has 0 radical (unpaired) electrons. The molecule has 0 spiro atoms. The fourth-order valence-electron chi connectivity index (χ4n) is 2.94. The number of urea groups is 1. The number of rotatable bonds is 5. The summed E-state index contributed by atoms with van der Waals surface area (Å²) in [4.78, 5) is 22.2. The third-order valence-corrected chi connectivity index (χ3v) is 4.25. The molecule has 134 valence electrons. The predicted octanol–water partition coefficient (Wildman–Crippen LogP) is 2.14. The normalized spacial score (nSPS) is 16.6. The van der Waals surface area contributed by atoms with E-state index >= 15 is 0 Å². The number of nitriles is 1. The number of ether oxygens (including phenoxy) is 1. The number of nitrogens with one attached hydrogen (secondary N) is 1. The van der Waals surface area contributed by atoms with Crippen LogP contribution in [0.2, 0.25) is 0 Å². The molecule has 1 aromatic heterocycles. The molecule has 1 unspecified atom stereocenters. The summed E-state index contributed by atoms with van der Waals surface area (Å²) in [6, 6.07) is 11.9. The van der Waals surface area contributed by atoms with E-state index in [1.54, 1.807) is 4.90 Å². The molecule has 0 bridgehead atoms. The number of benzene rings is 1. The van der Waals surface area contributed by atoms with Gasteiger partial charge in [-0.3, -0.25) is 0 Å². The maximum absolute atomic E-state index is 12.4. The Hall–Kier alpha value is -3.14. The van der Waals surface area contributed by atoms with Gasteiger partial charge in [0.1, 0.15) is 12.2 Å². The Labute approximate surface area is 152 Å². The number of hydrogen-bond donors (Lipinski definition) is 1. The van der Waals surface area contributed by atoms with Crippen molar-refractivity contribution in [2.75, 3.05) is 19.6 Å². The highest BCUT2D eigenvalue weighted by molar-refractivity contribution is 5.74. The van der Waals surface area contributed by atoms with E-state index in [2.05, 4.69) is 15.3 Å². The summed E-state index contributed by atoms with van der Waals surface area (Å²) in [5.41, 5.74) is 1.36. The van der Waals surface area contributed by atoms with Crippen molar-refractivity contribution < 1.29 is 9.53 Å². The first kappa shape index (κ1) is 17.7. The molecule has 1 aromatic carbocycles. The number of nitrogens with zero attached hydrogens (tertiary/aromatic N) is 4. The molecular formula is C19H21N5O2. The largest absolute Gasteiger partial charge is 0.470 e. The zero-order valence-electron chi connectivity index (χ0n) is 14.5. The molecule has 1 aliphatic heterocycles. The van der Waals surface area contributed by atoms with Gasteiger partial charge in [-0.25, -0.2) is 14.8 Å². The topological polar surface area (TPSA) is 91.1 Å². The average Bonchev–Trinajstić information content (AvgIpc) is 2.69. The lowest BCUT2D eigenvalue weighted by Gasteiger charge is -2.32. The Kier molecular flexibility index (Phi) is 5.99. The zero-order chi connectivity index (χ0) is 18.2. The average molecular weight is 351 g/mol. The first-order chi connectivity index (χ1) is 12.8. The lowest BCUT2D eigenvalue weighted by Crippen LogP contribution is -2.49. The van der Waals surface area contributed by atoms with Gasteiger partial charge in [-0.05, 0) is 24.8 Å². The second-order valence-corrected chi connectivity index (χ2v) is 6.12. The first-order valence-corrected chi connectivity index (χ1v) is 8.70. The van der Waals surface area contributed by atoms with Crippen LogP contribution in [0.25, 0.3) is 0 Å². The maximum atomic E-state index is 12.4. The third-order valence-electron chi connectivity index (χ3n) is 4.25. The minimum absolute atomic E-state index is 0.0890. The SMILES string of the molecule is N#Cc1nccnc1OC1CCCN(C(=O)NCCc2ccccc2)C1. The fourth-order valence-corrected chi connectivity index (χ4v) is 2.94. The number of aromatic nitrogens is 2. The maximum Gasteiger partial charge on any atom is 0.317 e. The summed E-state index contributed by atoms with van der Waals surface area (Å²) >= 11 is 0. The van der Waals surface area contributed by atoms with Gasteiger partial charge in [-0.15, -0.1) is 0 Å². The second kappa shape index (κ2) is 8.81. The van der Waals surface area contributed by atoms with Crippen LogP contribution in [0.15, 0.2) is 42.7 Å². The Morgan fingerprint density at radius 2 is 2.12 bits per heavy atom. The van der Waals surface area contributed by atoms with E-state index in [0.717, 1.165) is 19.3 Å². The van der Waals surface area contributed by atoms with Gasteiger partial charge in [0.25, 0.3) is 5.88 Å². The lowest BCUT2D eigenvalue weighted by atomic mass is 10.1. The molecule has 0 saturated carbocycles. The summed E-state index contributed by atoms with van der Waals surface area (Å²) in [5, 5.41) is 12.0. The smallest absolute Gasteiger partial charge is 0.317 e. The van der Waals surface area contributed by atoms with E-state index < -0.39 is 0 Å². The third kappa shape index (κ3) is 4.70. The first-order valence-electron chi connectivity index (χ1n) is 8.70. The second-order valence-electron chi connectivity index (χ2n) is 6.12. The molecule has 2 aromatic rings. The van der Waals surface area contributed by atoms with Gasteiger partial charge in [0.2, 0.25) is 5.69 Å². The van der Waals surface area contributed by atoms with Crippen molar-refractivity contribution in [3.63, 3.8) is 0 Å². The number of amides is 2.